The average molecular weight is 269 g/mol. The molecule has 1 amide bonds. The van der Waals surface area contributed by atoms with Crippen LogP contribution in [0.5, 0.6) is 0 Å². The fourth-order valence-electron chi connectivity index (χ4n) is 1.69. The van der Waals surface area contributed by atoms with Gasteiger partial charge in [-0.1, -0.05) is 20.3 Å². The molecule has 0 aliphatic carbocycles. The van der Waals surface area contributed by atoms with Crippen LogP contribution in [0.3, 0.4) is 0 Å². The summed E-state index contributed by atoms with van der Waals surface area (Å²) in [4.78, 5) is 16.1. The number of amides is 1. The van der Waals surface area contributed by atoms with E-state index < -0.39 is 0 Å². The van der Waals surface area contributed by atoms with E-state index in [9.17, 15) is 4.79 Å². The smallest absolute Gasteiger partial charge is 0.236 e. The molecule has 4 nitrogen and oxygen atoms in total. The SMILES string of the molecule is CCCCNC(=O)C(C)NC(CC)c1nccs1. The van der Waals surface area contributed by atoms with Crippen LogP contribution >= 0.6 is 11.3 Å². The largest absolute Gasteiger partial charge is 0.355 e. The van der Waals surface area contributed by atoms with Crippen LogP contribution < -0.4 is 10.6 Å². The number of thiazole rings is 1. The number of nitrogens with zero attached hydrogens (tertiary/aromatic N) is 1. The number of carbonyl (C=O) groups is 1. The molecular weight excluding hydrogens is 246 g/mol. The Morgan fingerprint density at radius 3 is 2.83 bits per heavy atom. The second-order valence-electron chi connectivity index (χ2n) is 4.36. The lowest BCUT2D eigenvalue weighted by atomic mass is 10.2. The highest BCUT2D eigenvalue weighted by molar-refractivity contribution is 7.09. The third kappa shape index (κ3) is 4.74. The number of unbranched alkanes of at least 4 members (excludes halogenated alkanes) is 1. The van der Waals surface area contributed by atoms with Gasteiger partial charge < -0.3 is 5.32 Å². The van der Waals surface area contributed by atoms with Crippen LogP contribution in [0.4, 0.5) is 0 Å². The van der Waals surface area contributed by atoms with Crippen LogP contribution in [0.1, 0.15) is 51.1 Å². The molecule has 0 bridgehead atoms. The minimum Gasteiger partial charge on any atom is -0.355 e. The summed E-state index contributed by atoms with van der Waals surface area (Å²) in [5.41, 5.74) is 0. The van der Waals surface area contributed by atoms with E-state index in [0.29, 0.717) is 0 Å². The number of carbonyl (C=O) groups excluding carboxylic acids is 1. The summed E-state index contributed by atoms with van der Waals surface area (Å²) in [5, 5.41) is 9.28. The van der Waals surface area contributed by atoms with Crippen LogP contribution in [0, 0.1) is 0 Å². The molecule has 2 unspecified atom stereocenters. The van der Waals surface area contributed by atoms with Crippen molar-refractivity contribution in [2.45, 2.75) is 52.1 Å². The van der Waals surface area contributed by atoms with Crippen molar-refractivity contribution in [1.82, 2.24) is 15.6 Å². The lowest BCUT2D eigenvalue weighted by Crippen LogP contribution is -2.43. The first kappa shape index (κ1) is 15.1. The van der Waals surface area contributed by atoms with Gasteiger partial charge in [0.25, 0.3) is 0 Å². The molecule has 0 aliphatic rings. The molecule has 0 aromatic carbocycles. The molecule has 2 N–H and O–H groups in total. The first-order valence-electron chi connectivity index (χ1n) is 6.62. The maximum atomic E-state index is 11.8. The zero-order chi connectivity index (χ0) is 13.4. The molecular formula is C13H23N3OS. The fourth-order valence-corrected chi connectivity index (χ4v) is 2.47. The Labute approximate surface area is 113 Å². The van der Waals surface area contributed by atoms with E-state index in [2.05, 4.69) is 29.5 Å². The Balaban J connectivity index is 2.42. The molecule has 0 fully saturated rings. The van der Waals surface area contributed by atoms with Gasteiger partial charge in [0.15, 0.2) is 0 Å². The lowest BCUT2D eigenvalue weighted by Gasteiger charge is -2.20. The van der Waals surface area contributed by atoms with Crippen LogP contribution in [-0.4, -0.2) is 23.5 Å². The van der Waals surface area contributed by atoms with Gasteiger partial charge in [-0.15, -0.1) is 11.3 Å². The zero-order valence-electron chi connectivity index (χ0n) is 11.4. The monoisotopic (exact) mass is 269 g/mol. The van der Waals surface area contributed by atoms with E-state index >= 15 is 0 Å². The molecule has 0 aliphatic heterocycles. The lowest BCUT2D eigenvalue weighted by molar-refractivity contribution is -0.122. The van der Waals surface area contributed by atoms with Gasteiger partial charge in [0, 0.05) is 18.1 Å². The highest BCUT2D eigenvalue weighted by atomic mass is 32.1. The molecule has 1 aromatic rings. The van der Waals surface area contributed by atoms with Gasteiger partial charge in [0.2, 0.25) is 5.91 Å². The predicted octanol–water partition coefficient (Wildman–Crippen LogP) is 2.49. The fraction of sp³-hybridized carbons (Fsp3) is 0.692. The molecule has 1 rings (SSSR count). The van der Waals surface area contributed by atoms with Crippen molar-refractivity contribution in [3.8, 4) is 0 Å². The maximum absolute atomic E-state index is 11.8. The van der Waals surface area contributed by atoms with E-state index in [4.69, 9.17) is 0 Å². The van der Waals surface area contributed by atoms with Crippen LogP contribution in [0.15, 0.2) is 11.6 Å². The summed E-state index contributed by atoms with van der Waals surface area (Å²) in [6.45, 7) is 6.87. The van der Waals surface area contributed by atoms with Crippen molar-refractivity contribution in [2.75, 3.05) is 6.54 Å². The molecule has 1 aromatic heterocycles. The second-order valence-corrected chi connectivity index (χ2v) is 5.29. The summed E-state index contributed by atoms with van der Waals surface area (Å²) in [5.74, 6) is 0.0680. The Morgan fingerprint density at radius 2 is 2.28 bits per heavy atom. The molecule has 18 heavy (non-hydrogen) atoms. The highest BCUT2D eigenvalue weighted by Crippen LogP contribution is 2.19. The number of hydrogen-bond acceptors (Lipinski definition) is 4. The van der Waals surface area contributed by atoms with E-state index in [1.807, 2.05) is 12.3 Å². The summed E-state index contributed by atoms with van der Waals surface area (Å²) in [7, 11) is 0. The maximum Gasteiger partial charge on any atom is 0.236 e. The van der Waals surface area contributed by atoms with Gasteiger partial charge in [0.1, 0.15) is 5.01 Å². The van der Waals surface area contributed by atoms with Gasteiger partial charge >= 0.3 is 0 Å². The summed E-state index contributed by atoms with van der Waals surface area (Å²) < 4.78 is 0. The molecule has 0 saturated heterocycles. The third-order valence-corrected chi connectivity index (χ3v) is 3.72. The Bertz CT molecular complexity index is 340. The van der Waals surface area contributed by atoms with Crippen molar-refractivity contribution in [3.63, 3.8) is 0 Å². The Morgan fingerprint density at radius 1 is 1.50 bits per heavy atom. The number of nitrogens with one attached hydrogen (secondary N) is 2. The van der Waals surface area contributed by atoms with Crippen molar-refractivity contribution in [3.05, 3.63) is 16.6 Å². The van der Waals surface area contributed by atoms with Gasteiger partial charge in [-0.2, -0.15) is 0 Å². The Hall–Kier alpha value is -0.940. The molecule has 0 spiro atoms. The molecule has 5 heteroatoms. The van der Waals surface area contributed by atoms with Crippen LogP contribution in [0.2, 0.25) is 0 Å². The first-order valence-corrected chi connectivity index (χ1v) is 7.50. The van der Waals surface area contributed by atoms with Crippen LogP contribution in [0.25, 0.3) is 0 Å². The minimum absolute atomic E-state index is 0.0680. The third-order valence-electron chi connectivity index (χ3n) is 2.83. The van der Waals surface area contributed by atoms with Gasteiger partial charge in [-0.05, 0) is 19.8 Å². The van der Waals surface area contributed by atoms with Crippen molar-refractivity contribution < 1.29 is 4.79 Å². The topological polar surface area (TPSA) is 54.0 Å². The predicted molar refractivity (Wildman–Crippen MR) is 75.7 cm³/mol. The normalized spacial score (nSPS) is 14.2. The van der Waals surface area contributed by atoms with Crippen LogP contribution in [-0.2, 0) is 4.79 Å². The number of aromatic nitrogens is 1. The van der Waals surface area contributed by atoms with Gasteiger partial charge in [0.05, 0.1) is 12.1 Å². The second kappa shape index (κ2) is 8.21. The van der Waals surface area contributed by atoms with E-state index in [0.717, 1.165) is 30.8 Å². The number of hydrogen-bond donors (Lipinski definition) is 2. The van der Waals surface area contributed by atoms with Gasteiger partial charge in [-0.3, -0.25) is 10.1 Å². The molecule has 1 heterocycles. The van der Waals surface area contributed by atoms with E-state index in [1.54, 1.807) is 17.5 Å². The molecule has 0 radical (unpaired) electrons. The van der Waals surface area contributed by atoms with Gasteiger partial charge in [-0.25, -0.2) is 4.98 Å². The summed E-state index contributed by atoms with van der Waals surface area (Å²) in [6.07, 6.45) is 4.86. The minimum atomic E-state index is -0.185. The highest BCUT2D eigenvalue weighted by Gasteiger charge is 2.18. The van der Waals surface area contributed by atoms with Crippen molar-refractivity contribution in [1.29, 1.82) is 0 Å². The summed E-state index contributed by atoms with van der Waals surface area (Å²) >= 11 is 1.63. The number of rotatable bonds is 8. The first-order chi connectivity index (χ1) is 8.69. The quantitative estimate of drug-likeness (QED) is 0.713. The average Bonchev–Trinajstić information content (AvgIpc) is 2.89. The molecule has 102 valence electrons. The Kier molecular flexibility index (Phi) is 6.90. The van der Waals surface area contributed by atoms with E-state index in [1.165, 1.54) is 0 Å². The van der Waals surface area contributed by atoms with E-state index in [-0.39, 0.29) is 18.0 Å². The summed E-state index contributed by atoms with van der Waals surface area (Å²) in [6, 6.07) is -0.0207. The molecule has 2 atom stereocenters. The zero-order valence-corrected chi connectivity index (χ0v) is 12.2. The van der Waals surface area contributed by atoms with Crippen molar-refractivity contribution in [2.24, 2.45) is 0 Å². The molecule has 0 saturated carbocycles. The van der Waals surface area contributed by atoms with Crippen molar-refractivity contribution >= 4 is 17.2 Å². The standard InChI is InChI=1S/C13H23N3OS/c1-4-6-7-14-12(17)10(3)16-11(5-2)13-15-8-9-18-13/h8-11,16H,4-7H2,1-3H3,(H,14,17).